The number of methoxy groups -OCH3 is 1. The van der Waals surface area contributed by atoms with Crippen LogP contribution in [0, 0.1) is 16.2 Å². The van der Waals surface area contributed by atoms with Gasteiger partial charge in [-0.3, -0.25) is 4.79 Å². The van der Waals surface area contributed by atoms with Crippen LogP contribution < -0.4 is 0 Å². The lowest BCUT2D eigenvalue weighted by Gasteiger charge is -2.35. The summed E-state index contributed by atoms with van der Waals surface area (Å²) in [4.78, 5) is 34.4. The molecule has 1 fully saturated rings. The molecule has 0 unspecified atom stereocenters. The number of ketones is 1. The highest BCUT2D eigenvalue weighted by Gasteiger charge is 2.52. The molecule has 0 amide bonds. The molecule has 1 saturated carbocycles. The number of aliphatic hydroxyl groups is 2. The van der Waals surface area contributed by atoms with Gasteiger partial charge in [0.15, 0.2) is 5.78 Å². The molecule has 7 heteroatoms. The number of carbonyl (C=O) groups is 3. The predicted molar refractivity (Wildman–Crippen MR) is 305 cm³/mol. The highest BCUT2D eigenvalue weighted by Crippen LogP contribution is 2.53. The first-order chi connectivity index (χ1) is 33.7. The van der Waals surface area contributed by atoms with E-state index in [1.54, 1.807) is 18.2 Å². The van der Waals surface area contributed by atoms with Gasteiger partial charge >= 0.3 is 11.9 Å². The molecule has 7 nitrogen and oxygen atoms in total. The van der Waals surface area contributed by atoms with Crippen molar-refractivity contribution in [3.63, 3.8) is 0 Å². The number of aliphatic hydroxyl groups excluding tert-OH is 2. The van der Waals surface area contributed by atoms with Crippen molar-refractivity contribution in [1.29, 1.82) is 0 Å². The zero-order valence-electron chi connectivity index (χ0n) is 46.1. The second kappa shape index (κ2) is 32.5. The van der Waals surface area contributed by atoms with E-state index in [2.05, 4.69) is 103 Å². The number of carboxylic acids is 1. The van der Waals surface area contributed by atoms with Crippen LogP contribution in [0.3, 0.4) is 0 Å². The van der Waals surface area contributed by atoms with Gasteiger partial charge in [-0.1, -0.05) is 237 Å². The molecule has 3 N–H and O–H groups in total. The van der Waals surface area contributed by atoms with Crippen LogP contribution in [0.15, 0.2) is 226 Å². The maximum Gasteiger partial charge on any atom is 0.330 e. The molecule has 388 valence electrons. The van der Waals surface area contributed by atoms with Crippen molar-refractivity contribution < 1.29 is 34.4 Å². The Morgan fingerprint density at radius 2 is 0.833 bits per heavy atom. The van der Waals surface area contributed by atoms with Gasteiger partial charge in [0, 0.05) is 17.6 Å². The van der Waals surface area contributed by atoms with Gasteiger partial charge in [0.1, 0.15) is 0 Å². The summed E-state index contributed by atoms with van der Waals surface area (Å²) in [6, 6.07) is 0. The summed E-state index contributed by atoms with van der Waals surface area (Å²) < 4.78 is 4.54. The predicted octanol–water partition coefficient (Wildman–Crippen LogP) is 15.6. The zero-order chi connectivity index (χ0) is 54.5. The zero-order valence-corrected chi connectivity index (χ0v) is 46.1. The van der Waals surface area contributed by atoms with Gasteiger partial charge in [-0.25, -0.2) is 9.59 Å². The molecule has 0 spiro atoms. The smallest absolute Gasteiger partial charge is 0.330 e. The number of carboxylic acid groups (broad SMARTS) is 1. The SMILES string of the molecule is CC1=C(/C=C/C(C)=C/C=C/C(C)=C/C=C/C=C(C)/C=C/C=C(C)/C=C/C(=O)[C@]2(C)C[C@@H](O)CC2(C)C)C(C)(C)C[C@H](O)C1.COC(=O)/C=C/C(C)=C/C=C/C(C)=C/C=C/C=C(C)/C=C/C=C(C)/C=C/C(=O)O. The van der Waals surface area contributed by atoms with Crippen molar-refractivity contribution in [2.45, 2.75) is 135 Å². The third-order valence-corrected chi connectivity index (χ3v) is 12.6. The van der Waals surface area contributed by atoms with Crippen molar-refractivity contribution in [2.75, 3.05) is 7.11 Å². The molecule has 0 aliphatic heterocycles. The van der Waals surface area contributed by atoms with E-state index in [4.69, 9.17) is 5.11 Å². The molecule has 0 aromatic heterocycles. The lowest BCUT2D eigenvalue weighted by molar-refractivity contribution is -0.135. The summed E-state index contributed by atoms with van der Waals surface area (Å²) in [5.74, 6) is -1.24. The second-order valence-electron chi connectivity index (χ2n) is 20.5. The van der Waals surface area contributed by atoms with E-state index in [9.17, 15) is 24.6 Å². The lowest BCUT2D eigenvalue weighted by atomic mass is 9.66. The minimum Gasteiger partial charge on any atom is -0.478 e. The van der Waals surface area contributed by atoms with Crippen LogP contribution in [0.1, 0.15) is 123 Å². The average Bonchev–Trinajstić information content (AvgIpc) is 3.51. The molecular formula is C65H86O7. The van der Waals surface area contributed by atoms with E-state index in [0.29, 0.717) is 12.8 Å². The number of esters is 1. The Kier molecular flexibility index (Phi) is 28.7. The van der Waals surface area contributed by atoms with Crippen LogP contribution >= 0.6 is 0 Å². The molecule has 72 heavy (non-hydrogen) atoms. The fourth-order valence-electron chi connectivity index (χ4n) is 8.00. The van der Waals surface area contributed by atoms with Gasteiger partial charge < -0.3 is 20.1 Å². The Balaban J connectivity index is 0.000000781. The normalized spacial score (nSPS) is 22.6. The number of hydrogen-bond acceptors (Lipinski definition) is 6. The molecule has 0 heterocycles. The van der Waals surface area contributed by atoms with Crippen molar-refractivity contribution in [1.82, 2.24) is 0 Å². The second-order valence-corrected chi connectivity index (χ2v) is 20.5. The van der Waals surface area contributed by atoms with Gasteiger partial charge in [0.2, 0.25) is 0 Å². The molecule has 0 saturated heterocycles. The molecule has 3 atom stereocenters. The van der Waals surface area contributed by atoms with Crippen LogP contribution in [0.2, 0.25) is 0 Å². The highest BCUT2D eigenvalue weighted by molar-refractivity contribution is 5.96. The van der Waals surface area contributed by atoms with E-state index < -0.39 is 17.5 Å². The highest BCUT2D eigenvalue weighted by atomic mass is 16.5. The van der Waals surface area contributed by atoms with Crippen molar-refractivity contribution in [3.05, 3.63) is 226 Å². The molecule has 2 rings (SSSR count). The first kappa shape index (κ1) is 63.6. The largest absolute Gasteiger partial charge is 0.478 e. The Hall–Kier alpha value is -6.41. The number of rotatable bonds is 21. The maximum absolute atomic E-state index is 12.9. The van der Waals surface area contributed by atoms with Crippen LogP contribution in [0.5, 0.6) is 0 Å². The van der Waals surface area contributed by atoms with E-state index in [1.807, 2.05) is 139 Å². The first-order valence-corrected chi connectivity index (χ1v) is 24.8. The third kappa shape index (κ3) is 26.2. The van der Waals surface area contributed by atoms with Crippen LogP contribution in [0.25, 0.3) is 0 Å². The standard InChI is InChI=1S/C40H56O3.C25H30O4/c1-29(17-13-19-31(3)21-23-36-33(5)25-34(41)26-38(36,6)7)15-11-12-16-30(2)18-14-20-32(4)22-24-37(43)40(10)28-35(42)27-39(40,8)9;1-20(12-8-14-22(3)16-18-24(26)27)10-6-7-11-21(2)13-9-15-23(4)17-19-25(28)29-5/h11-24,34-35,41-42H,25-28H2,1-10H3;6-19H,1-5H3,(H,26,27)/b12-11+,17-13+,18-14+,23-21+,24-22+,29-15+,30-16+,31-19+,32-20+;7-6+,12-8+,13-9+,18-16+,19-17+,20-10+,21-11+,22-14+,23-15+/t34-,35+,40+;/m1./s1. The van der Waals surface area contributed by atoms with Crippen molar-refractivity contribution >= 4 is 17.7 Å². The topological polar surface area (TPSA) is 121 Å². The summed E-state index contributed by atoms with van der Waals surface area (Å²) in [5.41, 5.74) is 10.3. The summed E-state index contributed by atoms with van der Waals surface area (Å²) in [7, 11) is 1.35. The Labute approximate surface area is 434 Å². The number of allylic oxidation sites excluding steroid dienone is 35. The molecule has 2 aliphatic rings. The van der Waals surface area contributed by atoms with Crippen molar-refractivity contribution in [2.24, 2.45) is 16.2 Å². The summed E-state index contributed by atoms with van der Waals surface area (Å²) >= 11 is 0. The van der Waals surface area contributed by atoms with Gasteiger partial charge in [-0.15, -0.1) is 0 Å². The van der Waals surface area contributed by atoms with Gasteiger partial charge in [-0.05, 0) is 110 Å². The number of ether oxygens (including phenoxy) is 1. The van der Waals surface area contributed by atoms with E-state index in [-0.39, 0.29) is 28.7 Å². The monoisotopic (exact) mass is 979 g/mol. The molecular weight excluding hydrogens is 893 g/mol. The number of hydrogen-bond donors (Lipinski definition) is 3. The van der Waals surface area contributed by atoms with Gasteiger partial charge in [0.25, 0.3) is 0 Å². The third-order valence-electron chi connectivity index (χ3n) is 12.6. The van der Waals surface area contributed by atoms with E-state index >= 15 is 0 Å². The van der Waals surface area contributed by atoms with Gasteiger partial charge in [-0.2, -0.15) is 0 Å². The molecule has 0 bridgehead atoms. The summed E-state index contributed by atoms with van der Waals surface area (Å²) in [6.45, 7) is 28.6. The van der Waals surface area contributed by atoms with Crippen LogP contribution in [-0.2, 0) is 19.1 Å². The number of carbonyl (C=O) groups excluding carboxylic acids is 2. The molecule has 0 radical (unpaired) electrons. The Bertz CT molecular complexity index is 2470. The van der Waals surface area contributed by atoms with Crippen LogP contribution in [-0.4, -0.2) is 52.4 Å². The minimum absolute atomic E-state index is 0.00528. The van der Waals surface area contributed by atoms with Crippen LogP contribution in [0.4, 0.5) is 0 Å². The number of aliphatic carboxylic acids is 1. The summed E-state index contributed by atoms with van der Waals surface area (Å²) in [5, 5.41) is 28.8. The molecule has 2 aliphatic carbocycles. The summed E-state index contributed by atoms with van der Waals surface area (Å²) in [6.07, 6.45) is 55.8. The lowest BCUT2D eigenvalue weighted by Crippen LogP contribution is -2.36. The molecule has 0 aromatic carbocycles. The first-order valence-electron chi connectivity index (χ1n) is 24.8. The fraction of sp³-hybridized carbons (Fsp3) is 0.369. The maximum atomic E-state index is 12.9. The van der Waals surface area contributed by atoms with E-state index in [0.717, 1.165) is 57.9 Å². The Morgan fingerprint density at radius 3 is 1.19 bits per heavy atom. The fourth-order valence-corrected chi connectivity index (χ4v) is 8.00. The Morgan fingerprint density at radius 1 is 0.472 bits per heavy atom. The quantitative estimate of drug-likeness (QED) is 0.0595. The average molecular weight is 979 g/mol. The van der Waals surface area contributed by atoms with Gasteiger partial charge in [0.05, 0.1) is 19.3 Å². The molecule has 0 aromatic rings. The van der Waals surface area contributed by atoms with Crippen molar-refractivity contribution in [3.8, 4) is 0 Å². The minimum atomic E-state index is -0.956. The van der Waals surface area contributed by atoms with E-state index in [1.165, 1.54) is 29.9 Å².